The van der Waals surface area contributed by atoms with Gasteiger partial charge in [-0.25, -0.2) is 0 Å². The van der Waals surface area contributed by atoms with E-state index in [1.165, 1.54) is 0 Å². The van der Waals surface area contributed by atoms with Crippen LogP contribution in [-0.2, 0) is 4.79 Å². The second kappa shape index (κ2) is 8.57. The van der Waals surface area contributed by atoms with Crippen LogP contribution in [-0.4, -0.2) is 34.2 Å². The zero-order valence-electron chi connectivity index (χ0n) is 16.2. The predicted molar refractivity (Wildman–Crippen MR) is 115 cm³/mol. The molecule has 3 heterocycles. The number of amides is 1. The summed E-state index contributed by atoms with van der Waals surface area (Å²) in [6, 6.07) is 13.2. The number of piperidine rings is 1. The zero-order valence-corrected chi connectivity index (χ0v) is 16.9. The lowest BCUT2D eigenvalue weighted by molar-refractivity contribution is -0.120. The third-order valence-corrected chi connectivity index (χ3v) is 5.44. The summed E-state index contributed by atoms with van der Waals surface area (Å²) >= 11 is 6.07. The van der Waals surface area contributed by atoms with E-state index in [2.05, 4.69) is 25.4 Å². The Morgan fingerprint density at radius 3 is 2.72 bits per heavy atom. The third-order valence-electron chi connectivity index (χ3n) is 5.20. The van der Waals surface area contributed by atoms with Gasteiger partial charge in [-0.15, -0.1) is 10.2 Å². The minimum Gasteiger partial charge on any atom is -0.354 e. The van der Waals surface area contributed by atoms with Gasteiger partial charge in [0.1, 0.15) is 0 Å². The van der Waals surface area contributed by atoms with Gasteiger partial charge in [0.2, 0.25) is 5.91 Å². The highest BCUT2D eigenvalue weighted by Crippen LogP contribution is 2.26. The molecule has 1 saturated heterocycles. The standard InChI is InChI=1S/C22H22ClN5O/c1-15-4-5-18(23)13-20(15)25-22(29)17-3-2-12-28(14-17)21-7-6-19(26-27-21)16-8-10-24-11-9-16/h4-11,13,17H,2-3,12,14H2,1H3,(H,25,29). The highest BCUT2D eigenvalue weighted by atomic mass is 35.5. The van der Waals surface area contributed by atoms with E-state index >= 15 is 0 Å². The molecule has 2 aromatic heterocycles. The van der Waals surface area contributed by atoms with E-state index in [1.807, 2.05) is 43.3 Å². The molecule has 1 aliphatic rings. The number of anilines is 2. The number of halogens is 1. The number of aryl methyl sites for hydroxylation is 1. The van der Waals surface area contributed by atoms with Crippen LogP contribution >= 0.6 is 11.6 Å². The Balaban J connectivity index is 1.44. The second-order valence-corrected chi connectivity index (χ2v) is 7.68. The molecule has 1 unspecified atom stereocenters. The summed E-state index contributed by atoms with van der Waals surface area (Å²) in [6.07, 6.45) is 5.26. The average Bonchev–Trinajstić information content (AvgIpc) is 2.77. The molecule has 0 aliphatic carbocycles. The number of nitrogens with zero attached hydrogens (tertiary/aromatic N) is 4. The Bertz CT molecular complexity index is 994. The smallest absolute Gasteiger partial charge is 0.229 e. The van der Waals surface area contributed by atoms with Crippen LogP contribution in [0.15, 0.2) is 54.9 Å². The second-order valence-electron chi connectivity index (χ2n) is 7.25. The maximum Gasteiger partial charge on any atom is 0.229 e. The molecule has 0 radical (unpaired) electrons. The van der Waals surface area contributed by atoms with Gasteiger partial charge in [-0.1, -0.05) is 17.7 Å². The average molecular weight is 408 g/mol. The maximum absolute atomic E-state index is 12.8. The fourth-order valence-electron chi connectivity index (χ4n) is 3.53. The number of nitrogens with one attached hydrogen (secondary N) is 1. The molecule has 4 rings (SSSR count). The molecule has 3 aromatic rings. The minimum atomic E-state index is -0.108. The van der Waals surface area contributed by atoms with Crippen molar-refractivity contribution in [3.63, 3.8) is 0 Å². The molecular weight excluding hydrogens is 386 g/mol. The first-order valence-corrected chi connectivity index (χ1v) is 10.0. The molecular formula is C22H22ClN5O. The van der Waals surface area contributed by atoms with Gasteiger partial charge in [0.05, 0.1) is 11.6 Å². The Hall–Kier alpha value is -2.99. The van der Waals surface area contributed by atoms with Crippen molar-refractivity contribution in [3.8, 4) is 11.3 Å². The van der Waals surface area contributed by atoms with Crippen molar-refractivity contribution < 1.29 is 4.79 Å². The number of carbonyl (C=O) groups is 1. The van der Waals surface area contributed by atoms with Gasteiger partial charge in [-0.05, 0) is 61.7 Å². The van der Waals surface area contributed by atoms with Crippen molar-refractivity contribution in [2.75, 3.05) is 23.3 Å². The molecule has 1 atom stereocenters. The summed E-state index contributed by atoms with van der Waals surface area (Å²) in [5, 5.41) is 12.4. The topological polar surface area (TPSA) is 71.0 Å². The molecule has 1 aliphatic heterocycles. The predicted octanol–water partition coefficient (Wildman–Crippen LogP) is 4.36. The number of benzene rings is 1. The van der Waals surface area contributed by atoms with Crippen molar-refractivity contribution in [3.05, 3.63) is 65.4 Å². The first kappa shape index (κ1) is 19.3. The highest BCUT2D eigenvalue weighted by Gasteiger charge is 2.27. The number of pyridine rings is 1. The van der Waals surface area contributed by atoms with Crippen LogP contribution in [0.5, 0.6) is 0 Å². The zero-order chi connectivity index (χ0) is 20.2. The van der Waals surface area contributed by atoms with Crippen molar-refractivity contribution in [1.29, 1.82) is 0 Å². The summed E-state index contributed by atoms with van der Waals surface area (Å²) in [5.41, 5.74) is 3.54. The van der Waals surface area contributed by atoms with Crippen LogP contribution in [0.4, 0.5) is 11.5 Å². The van der Waals surface area contributed by atoms with Gasteiger partial charge in [0.25, 0.3) is 0 Å². The monoisotopic (exact) mass is 407 g/mol. The molecule has 1 fully saturated rings. The molecule has 6 nitrogen and oxygen atoms in total. The molecule has 7 heteroatoms. The Kier molecular flexibility index (Phi) is 5.71. The largest absolute Gasteiger partial charge is 0.354 e. The lowest BCUT2D eigenvalue weighted by Crippen LogP contribution is -2.41. The molecule has 0 saturated carbocycles. The molecule has 0 spiro atoms. The molecule has 29 heavy (non-hydrogen) atoms. The number of aromatic nitrogens is 3. The number of rotatable bonds is 4. The van der Waals surface area contributed by atoms with Gasteiger partial charge >= 0.3 is 0 Å². The summed E-state index contributed by atoms with van der Waals surface area (Å²) in [4.78, 5) is 19.0. The molecule has 1 aromatic carbocycles. The SMILES string of the molecule is Cc1ccc(Cl)cc1NC(=O)C1CCCN(c2ccc(-c3ccncc3)nn2)C1. The lowest BCUT2D eigenvalue weighted by Gasteiger charge is -2.32. The van der Waals surface area contributed by atoms with E-state index in [1.54, 1.807) is 18.5 Å². The maximum atomic E-state index is 12.8. The van der Waals surface area contributed by atoms with Gasteiger partial charge in [0, 0.05) is 41.8 Å². The minimum absolute atomic E-state index is 0.0152. The van der Waals surface area contributed by atoms with Crippen LogP contribution in [0.25, 0.3) is 11.3 Å². The van der Waals surface area contributed by atoms with E-state index in [0.717, 1.165) is 47.7 Å². The van der Waals surface area contributed by atoms with Crippen molar-refractivity contribution >= 4 is 29.0 Å². The van der Waals surface area contributed by atoms with E-state index in [-0.39, 0.29) is 11.8 Å². The van der Waals surface area contributed by atoms with Gasteiger partial charge in [0.15, 0.2) is 5.82 Å². The summed E-state index contributed by atoms with van der Waals surface area (Å²) < 4.78 is 0. The van der Waals surface area contributed by atoms with Crippen molar-refractivity contribution in [2.45, 2.75) is 19.8 Å². The molecule has 148 valence electrons. The van der Waals surface area contributed by atoms with E-state index in [4.69, 9.17) is 11.6 Å². The summed E-state index contributed by atoms with van der Waals surface area (Å²) in [5.74, 6) is 0.699. The number of hydrogen-bond donors (Lipinski definition) is 1. The van der Waals surface area contributed by atoms with E-state index < -0.39 is 0 Å². The first-order chi connectivity index (χ1) is 14.1. The quantitative estimate of drug-likeness (QED) is 0.695. The Morgan fingerprint density at radius 1 is 1.14 bits per heavy atom. The summed E-state index contributed by atoms with van der Waals surface area (Å²) in [6.45, 7) is 3.44. The van der Waals surface area contributed by atoms with Crippen LogP contribution in [0.1, 0.15) is 18.4 Å². The first-order valence-electron chi connectivity index (χ1n) is 9.66. The van der Waals surface area contributed by atoms with E-state index in [9.17, 15) is 4.79 Å². The normalized spacial score (nSPS) is 16.5. The lowest BCUT2D eigenvalue weighted by atomic mass is 9.97. The van der Waals surface area contributed by atoms with Gasteiger partial charge < -0.3 is 10.2 Å². The van der Waals surface area contributed by atoms with Gasteiger partial charge in [-0.3, -0.25) is 9.78 Å². The van der Waals surface area contributed by atoms with Crippen LogP contribution < -0.4 is 10.2 Å². The number of carbonyl (C=O) groups excluding carboxylic acids is 1. The van der Waals surface area contributed by atoms with Crippen LogP contribution in [0.2, 0.25) is 5.02 Å². The molecule has 0 bridgehead atoms. The molecule has 1 N–H and O–H groups in total. The van der Waals surface area contributed by atoms with E-state index in [0.29, 0.717) is 11.6 Å². The fourth-order valence-corrected chi connectivity index (χ4v) is 3.71. The highest BCUT2D eigenvalue weighted by molar-refractivity contribution is 6.31. The molecule has 1 amide bonds. The Morgan fingerprint density at radius 2 is 1.97 bits per heavy atom. The van der Waals surface area contributed by atoms with Crippen LogP contribution in [0, 0.1) is 12.8 Å². The van der Waals surface area contributed by atoms with Crippen LogP contribution in [0.3, 0.4) is 0 Å². The van der Waals surface area contributed by atoms with Gasteiger partial charge in [-0.2, -0.15) is 0 Å². The Labute approximate surface area is 174 Å². The fraction of sp³-hybridized carbons (Fsp3) is 0.273. The third kappa shape index (κ3) is 4.54. The van der Waals surface area contributed by atoms with Crippen molar-refractivity contribution in [1.82, 2.24) is 15.2 Å². The summed E-state index contributed by atoms with van der Waals surface area (Å²) in [7, 11) is 0. The van der Waals surface area contributed by atoms with Crippen molar-refractivity contribution in [2.24, 2.45) is 5.92 Å². The number of hydrogen-bond acceptors (Lipinski definition) is 5.